The maximum Gasteiger partial charge on any atom is 0.134 e. The Morgan fingerprint density at radius 2 is 1.90 bits per heavy atom. The summed E-state index contributed by atoms with van der Waals surface area (Å²) in [5, 5.41) is 12.7. The van der Waals surface area contributed by atoms with Gasteiger partial charge in [0.15, 0.2) is 0 Å². The Labute approximate surface area is 128 Å². The fraction of sp³-hybridized carbons (Fsp3) is 0.750. The van der Waals surface area contributed by atoms with Crippen LogP contribution in [-0.2, 0) is 6.42 Å². The molecule has 0 fully saturated rings. The Bertz CT molecular complexity index is 407. The number of aliphatic hydroxyl groups is 1. The summed E-state index contributed by atoms with van der Waals surface area (Å²) in [6.45, 7) is 10.2. The largest absolute Gasteiger partial charge is 0.395 e. The number of aromatic nitrogens is 2. The molecule has 21 heavy (non-hydrogen) atoms. The van der Waals surface area contributed by atoms with Crippen molar-refractivity contribution in [1.82, 2.24) is 9.97 Å². The van der Waals surface area contributed by atoms with Crippen molar-refractivity contribution in [3.63, 3.8) is 0 Å². The van der Waals surface area contributed by atoms with Gasteiger partial charge in [-0.05, 0) is 19.3 Å². The maximum atomic E-state index is 9.37. The van der Waals surface area contributed by atoms with Crippen LogP contribution in [0.25, 0.3) is 0 Å². The number of rotatable bonds is 10. The molecular formula is C16H30N4O. The maximum absolute atomic E-state index is 9.37. The van der Waals surface area contributed by atoms with Crippen LogP contribution in [0.5, 0.6) is 0 Å². The summed E-state index contributed by atoms with van der Waals surface area (Å²) in [5.41, 5.74) is 0. The molecule has 2 N–H and O–H groups in total. The van der Waals surface area contributed by atoms with Gasteiger partial charge in [0, 0.05) is 31.6 Å². The van der Waals surface area contributed by atoms with Crippen molar-refractivity contribution < 1.29 is 5.11 Å². The zero-order chi connectivity index (χ0) is 15.7. The highest BCUT2D eigenvalue weighted by Crippen LogP contribution is 2.21. The zero-order valence-corrected chi connectivity index (χ0v) is 13.9. The second-order valence-corrected chi connectivity index (χ2v) is 5.20. The summed E-state index contributed by atoms with van der Waals surface area (Å²) in [7, 11) is 0. The van der Waals surface area contributed by atoms with Crippen LogP contribution in [0.3, 0.4) is 0 Å². The highest BCUT2D eigenvalue weighted by Gasteiger charge is 2.18. The van der Waals surface area contributed by atoms with Crippen molar-refractivity contribution in [2.45, 2.75) is 59.4 Å². The number of hydrogen-bond donors (Lipinski definition) is 2. The highest BCUT2D eigenvalue weighted by molar-refractivity contribution is 5.50. The van der Waals surface area contributed by atoms with E-state index in [0.29, 0.717) is 12.6 Å². The predicted octanol–water partition coefficient (Wildman–Crippen LogP) is 2.85. The van der Waals surface area contributed by atoms with E-state index in [2.05, 4.69) is 47.9 Å². The molecule has 0 radical (unpaired) electrons. The van der Waals surface area contributed by atoms with Crippen molar-refractivity contribution in [3.8, 4) is 0 Å². The second kappa shape index (κ2) is 9.55. The number of nitrogens with one attached hydrogen (secondary N) is 1. The quantitative estimate of drug-likeness (QED) is 0.695. The average molecular weight is 294 g/mol. The second-order valence-electron chi connectivity index (χ2n) is 5.20. The number of aliphatic hydroxyl groups excluding tert-OH is 1. The Hall–Kier alpha value is -1.36. The molecular weight excluding hydrogens is 264 g/mol. The van der Waals surface area contributed by atoms with E-state index >= 15 is 0 Å². The van der Waals surface area contributed by atoms with Gasteiger partial charge in [-0.25, -0.2) is 9.97 Å². The predicted molar refractivity (Wildman–Crippen MR) is 89.0 cm³/mol. The lowest BCUT2D eigenvalue weighted by molar-refractivity contribution is 0.295. The molecule has 0 bridgehead atoms. The lowest BCUT2D eigenvalue weighted by Gasteiger charge is -2.31. The van der Waals surface area contributed by atoms with Crippen molar-refractivity contribution >= 4 is 11.6 Å². The normalized spacial score (nSPS) is 11.0. The fourth-order valence-corrected chi connectivity index (χ4v) is 2.45. The van der Waals surface area contributed by atoms with E-state index in [1.165, 1.54) is 0 Å². The SMILES string of the molecule is CCCNc1cc(N(CCO)C(CC)CC)nc(CC)n1. The number of aryl methyl sites for hydroxylation is 1. The molecule has 1 rings (SSSR count). The van der Waals surface area contributed by atoms with Gasteiger partial charge in [-0.2, -0.15) is 0 Å². The summed E-state index contributed by atoms with van der Waals surface area (Å²) in [4.78, 5) is 11.4. The molecule has 5 nitrogen and oxygen atoms in total. The lowest BCUT2D eigenvalue weighted by Crippen LogP contribution is -2.37. The smallest absolute Gasteiger partial charge is 0.134 e. The van der Waals surface area contributed by atoms with Gasteiger partial charge in [0.05, 0.1) is 6.61 Å². The van der Waals surface area contributed by atoms with Crippen LogP contribution >= 0.6 is 0 Å². The Morgan fingerprint density at radius 3 is 2.43 bits per heavy atom. The summed E-state index contributed by atoms with van der Waals surface area (Å²) >= 11 is 0. The Balaban J connectivity index is 3.09. The first kappa shape index (κ1) is 17.7. The van der Waals surface area contributed by atoms with E-state index in [9.17, 15) is 5.11 Å². The van der Waals surface area contributed by atoms with E-state index < -0.39 is 0 Å². The molecule has 0 unspecified atom stereocenters. The van der Waals surface area contributed by atoms with Gasteiger partial charge in [0.25, 0.3) is 0 Å². The van der Waals surface area contributed by atoms with Crippen molar-refractivity contribution in [2.75, 3.05) is 29.9 Å². The zero-order valence-electron chi connectivity index (χ0n) is 13.9. The average Bonchev–Trinajstić information content (AvgIpc) is 2.52. The molecule has 1 heterocycles. The molecule has 1 aromatic heterocycles. The van der Waals surface area contributed by atoms with Crippen molar-refractivity contribution in [2.24, 2.45) is 0 Å². The number of nitrogens with zero attached hydrogens (tertiary/aromatic N) is 3. The molecule has 1 aromatic rings. The van der Waals surface area contributed by atoms with Gasteiger partial charge in [-0.3, -0.25) is 0 Å². The van der Waals surface area contributed by atoms with Crippen LogP contribution in [0.2, 0.25) is 0 Å². The molecule has 5 heteroatoms. The van der Waals surface area contributed by atoms with Crippen LogP contribution in [0.15, 0.2) is 6.07 Å². The molecule has 0 amide bonds. The van der Waals surface area contributed by atoms with Gasteiger partial charge >= 0.3 is 0 Å². The Morgan fingerprint density at radius 1 is 1.19 bits per heavy atom. The minimum absolute atomic E-state index is 0.139. The van der Waals surface area contributed by atoms with Crippen LogP contribution < -0.4 is 10.2 Å². The van der Waals surface area contributed by atoms with E-state index in [-0.39, 0.29) is 6.61 Å². The van der Waals surface area contributed by atoms with Gasteiger partial charge in [0.2, 0.25) is 0 Å². The van der Waals surface area contributed by atoms with E-state index in [1.54, 1.807) is 0 Å². The topological polar surface area (TPSA) is 61.3 Å². The minimum atomic E-state index is 0.139. The van der Waals surface area contributed by atoms with Gasteiger partial charge in [-0.15, -0.1) is 0 Å². The van der Waals surface area contributed by atoms with Crippen LogP contribution in [-0.4, -0.2) is 40.8 Å². The highest BCUT2D eigenvalue weighted by atomic mass is 16.3. The summed E-state index contributed by atoms with van der Waals surface area (Å²) in [6, 6.07) is 2.40. The molecule has 120 valence electrons. The van der Waals surface area contributed by atoms with Crippen LogP contribution in [0, 0.1) is 0 Å². The molecule has 0 aliphatic carbocycles. The molecule has 0 spiro atoms. The molecule has 0 aliphatic rings. The summed E-state index contributed by atoms with van der Waals surface area (Å²) in [5.74, 6) is 2.65. The first-order valence-electron chi connectivity index (χ1n) is 8.19. The number of hydrogen-bond acceptors (Lipinski definition) is 5. The van der Waals surface area contributed by atoms with E-state index in [0.717, 1.165) is 49.7 Å². The first-order valence-corrected chi connectivity index (χ1v) is 8.19. The standard InChI is InChI=1S/C16H30N4O/c1-5-9-17-15-12-16(19-14(8-4)18-15)20(10-11-21)13(6-2)7-3/h12-13,21H,5-11H2,1-4H3,(H,17,18,19). The summed E-state index contributed by atoms with van der Waals surface area (Å²) < 4.78 is 0. The third-order valence-corrected chi connectivity index (χ3v) is 3.65. The van der Waals surface area contributed by atoms with E-state index in [4.69, 9.17) is 0 Å². The minimum Gasteiger partial charge on any atom is -0.395 e. The third kappa shape index (κ3) is 5.16. The van der Waals surface area contributed by atoms with Crippen molar-refractivity contribution in [3.05, 3.63) is 11.9 Å². The monoisotopic (exact) mass is 294 g/mol. The molecule has 0 saturated heterocycles. The lowest BCUT2D eigenvalue weighted by atomic mass is 10.1. The van der Waals surface area contributed by atoms with Crippen LogP contribution in [0.1, 0.15) is 52.8 Å². The van der Waals surface area contributed by atoms with E-state index in [1.807, 2.05) is 6.07 Å². The molecule has 0 aromatic carbocycles. The van der Waals surface area contributed by atoms with Gasteiger partial charge in [0.1, 0.15) is 17.5 Å². The summed E-state index contributed by atoms with van der Waals surface area (Å²) in [6.07, 6.45) is 3.96. The van der Waals surface area contributed by atoms with Crippen molar-refractivity contribution in [1.29, 1.82) is 0 Å². The third-order valence-electron chi connectivity index (χ3n) is 3.65. The van der Waals surface area contributed by atoms with Crippen LogP contribution in [0.4, 0.5) is 11.6 Å². The molecule has 0 saturated carbocycles. The fourth-order valence-electron chi connectivity index (χ4n) is 2.45. The first-order chi connectivity index (χ1) is 10.2. The number of anilines is 2. The molecule has 0 aliphatic heterocycles. The van der Waals surface area contributed by atoms with Gasteiger partial charge < -0.3 is 15.3 Å². The molecule has 0 atom stereocenters. The van der Waals surface area contributed by atoms with Gasteiger partial charge in [-0.1, -0.05) is 27.7 Å². The Kier molecular flexibility index (Phi) is 8.05.